The van der Waals surface area contributed by atoms with Gasteiger partial charge in [0.25, 0.3) is 0 Å². The van der Waals surface area contributed by atoms with E-state index in [4.69, 9.17) is 23.7 Å². The van der Waals surface area contributed by atoms with E-state index in [0.717, 1.165) is 27.7 Å². The minimum absolute atomic E-state index is 0.0946. The average Bonchev–Trinajstić information content (AvgIpc) is 2.92. The highest BCUT2D eigenvalue weighted by Gasteiger charge is 2.45. The molecule has 0 aliphatic carbocycles. The highest BCUT2D eigenvalue weighted by molar-refractivity contribution is 5.72. The maximum Gasteiger partial charge on any atom is 0.306 e. The quantitative estimate of drug-likeness (QED) is 0.424. The van der Waals surface area contributed by atoms with E-state index in [1.165, 1.54) is 0 Å². The maximum atomic E-state index is 11.5. The lowest BCUT2D eigenvalue weighted by Gasteiger charge is -2.33. The second-order valence-corrected chi connectivity index (χ2v) is 5.67. The van der Waals surface area contributed by atoms with Crippen molar-refractivity contribution in [3.05, 3.63) is 0 Å². The van der Waals surface area contributed by atoms with Gasteiger partial charge in [0.15, 0.2) is 18.3 Å². The summed E-state index contributed by atoms with van der Waals surface area (Å²) in [6.07, 6.45) is -4.42. The molecule has 0 aromatic heterocycles. The minimum Gasteiger partial charge on any atom is -0.462 e. The van der Waals surface area contributed by atoms with E-state index >= 15 is 0 Å². The Labute approximate surface area is 150 Å². The second-order valence-electron chi connectivity index (χ2n) is 5.67. The molecule has 146 valence electrons. The molecule has 10 heteroatoms. The smallest absolute Gasteiger partial charge is 0.306 e. The fourth-order valence-electron chi connectivity index (χ4n) is 2.48. The molecule has 4 unspecified atom stereocenters. The largest absolute Gasteiger partial charge is 0.462 e. The molecule has 1 fully saturated rings. The Morgan fingerprint density at radius 1 is 0.962 bits per heavy atom. The van der Waals surface area contributed by atoms with Gasteiger partial charge in [-0.25, -0.2) is 0 Å². The summed E-state index contributed by atoms with van der Waals surface area (Å²) in [5.41, 5.74) is 0. The van der Waals surface area contributed by atoms with Crippen LogP contribution in [0.25, 0.3) is 0 Å². The van der Waals surface area contributed by atoms with Crippen LogP contribution in [0, 0.1) is 0 Å². The lowest BCUT2D eigenvalue weighted by atomic mass is 10.0. The molecule has 0 saturated carbocycles. The van der Waals surface area contributed by atoms with Gasteiger partial charge in [-0.1, -0.05) is 0 Å². The number of rotatable bonds is 8. The predicted molar refractivity (Wildman–Crippen MR) is 82.4 cm³/mol. The normalized spacial score (nSPS) is 19.5. The SMILES string of the molecule is CC(=O)OCC(OC(C)=O)C(OC(C)=O)C(OC(C)=O)C1CCC(=O)O1. The first-order valence-electron chi connectivity index (χ1n) is 7.94. The number of carbonyl (C=O) groups excluding carboxylic acids is 5. The number of carbonyl (C=O) groups is 5. The van der Waals surface area contributed by atoms with Gasteiger partial charge < -0.3 is 23.7 Å². The molecule has 0 N–H and O–H groups in total. The summed E-state index contributed by atoms with van der Waals surface area (Å²) in [7, 11) is 0. The molecule has 0 aromatic rings. The van der Waals surface area contributed by atoms with Crippen LogP contribution in [0.2, 0.25) is 0 Å². The zero-order valence-electron chi connectivity index (χ0n) is 15.0. The Balaban J connectivity index is 3.16. The van der Waals surface area contributed by atoms with Gasteiger partial charge >= 0.3 is 29.8 Å². The molecule has 10 nitrogen and oxygen atoms in total. The van der Waals surface area contributed by atoms with Gasteiger partial charge in [0.05, 0.1) is 0 Å². The van der Waals surface area contributed by atoms with Gasteiger partial charge in [0, 0.05) is 34.1 Å². The van der Waals surface area contributed by atoms with Crippen LogP contribution in [-0.4, -0.2) is 60.9 Å². The summed E-state index contributed by atoms with van der Waals surface area (Å²) in [6.45, 7) is 4.05. The molecule has 4 atom stereocenters. The summed E-state index contributed by atoms with van der Waals surface area (Å²) in [5, 5.41) is 0. The Kier molecular flexibility index (Phi) is 8.01. The molecule has 26 heavy (non-hydrogen) atoms. The zero-order valence-corrected chi connectivity index (χ0v) is 15.0. The van der Waals surface area contributed by atoms with E-state index in [9.17, 15) is 24.0 Å². The highest BCUT2D eigenvalue weighted by Crippen LogP contribution is 2.26. The van der Waals surface area contributed by atoms with Crippen molar-refractivity contribution in [3.63, 3.8) is 0 Å². The first-order valence-corrected chi connectivity index (χ1v) is 7.94. The summed E-state index contributed by atoms with van der Waals surface area (Å²) in [4.78, 5) is 57.0. The third-order valence-electron chi connectivity index (χ3n) is 3.34. The Bertz CT molecular complexity index is 569. The van der Waals surface area contributed by atoms with Gasteiger partial charge in [-0.3, -0.25) is 24.0 Å². The summed E-state index contributed by atoms with van der Waals surface area (Å²) < 4.78 is 25.4. The summed E-state index contributed by atoms with van der Waals surface area (Å²) >= 11 is 0. The maximum absolute atomic E-state index is 11.5. The third kappa shape index (κ3) is 7.08. The number of hydrogen-bond donors (Lipinski definition) is 0. The van der Waals surface area contributed by atoms with Crippen LogP contribution in [0.4, 0.5) is 0 Å². The topological polar surface area (TPSA) is 132 Å². The van der Waals surface area contributed by atoms with E-state index in [0.29, 0.717) is 0 Å². The van der Waals surface area contributed by atoms with Crippen LogP contribution < -0.4 is 0 Å². The Hall–Kier alpha value is -2.65. The lowest BCUT2D eigenvalue weighted by Crippen LogP contribution is -2.52. The molecule has 1 rings (SSSR count). The average molecular weight is 374 g/mol. The van der Waals surface area contributed by atoms with Crippen molar-refractivity contribution in [2.75, 3.05) is 6.61 Å². The molecular formula is C16H22O10. The van der Waals surface area contributed by atoms with Gasteiger partial charge in [-0.15, -0.1) is 0 Å². The van der Waals surface area contributed by atoms with E-state index < -0.39 is 60.9 Å². The van der Waals surface area contributed by atoms with Crippen LogP contribution >= 0.6 is 0 Å². The van der Waals surface area contributed by atoms with Crippen LogP contribution in [0.15, 0.2) is 0 Å². The van der Waals surface area contributed by atoms with Crippen molar-refractivity contribution in [3.8, 4) is 0 Å². The molecule has 1 aliphatic rings. The van der Waals surface area contributed by atoms with Gasteiger partial charge in [0.1, 0.15) is 12.7 Å². The molecule has 0 spiro atoms. The predicted octanol–water partition coefficient (Wildman–Crippen LogP) is 0.0502. The molecule has 0 radical (unpaired) electrons. The first-order chi connectivity index (χ1) is 12.1. The lowest BCUT2D eigenvalue weighted by molar-refractivity contribution is -0.199. The monoisotopic (exact) mass is 374 g/mol. The first kappa shape index (κ1) is 21.4. The summed E-state index contributed by atoms with van der Waals surface area (Å²) in [6, 6.07) is 0. The number of esters is 5. The molecular weight excluding hydrogens is 352 g/mol. The van der Waals surface area contributed by atoms with Crippen molar-refractivity contribution < 1.29 is 47.7 Å². The molecule has 1 saturated heterocycles. The third-order valence-corrected chi connectivity index (χ3v) is 3.34. The second kappa shape index (κ2) is 9.73. The van der Waals surface area contributed by atoms with Crippen molar-refractivity contribution in [1.82, 2.24) is 0 Å². The van der Waals surface area contributed by atoms with E-state index in [1.54, 1.807) is 0 Å². The van der Waals surface area contributed by atoms with Crippen molar-refractivity contribution in [1.29, 1.82) is 0 Å². The standard InChI is InChI=1S/C16H22O10/c1-8(17)22-7-13(23-9(2)18)16(25-11(4)20)15(24-10(3)19)12-5-6-14(21)26-12/h12-13,15-16H,5-7H2,1-4H3. The fraction of sp³-hybridized carbons (Fsp3) is 0.688. The minimum atomic E-state index is -1.34. The van der Waals surface area contributed by atoms with Crippen LogP contribution in [0.3, 0.4) is 0 Å². The van der Waals surface area contributed by atoms with Gasteiger partial charge in [0.2, 0.25) is 0 Å². The number of ether oxygens (including phenoxy) is 5. The Morgan fingerprint density at radius 2 is 1.54 bits per heavy atom. The van der Waals surface area contributed by atoms with Crippen molar-refractivity contribution in [2.45, 2.75) is 65.0 Å². The van der Waals surface area contributed by atoms with Crippen molar-refractivity contribution in [2.24, 2.45) is 0 Å². The van der Waals surface area contributed by atoms with Crippen molar-refractivity contribution >= 4 is 29.8 Å². The van der Waals surface area contributed by atoms with Gasteiger partial charge in [-0.2, -0.15) is 0 Å². The molecule has 0 bridgehead atoms. The highest BCUT2D eigenvalue weighted by atomic mass is 16.6. The number of hydrogen-bond acceptors (Lipinski definition) is 10. The summed E-state index contributed by atoms with van der Waals surface area (Å²) in [5.74, 6) is -3.36. The Morgan fingerprint density at radius 3 is 1.96 bits per heavy atom. The number of cyclic esters (lactones) is 1. The van der Waals surface area contributed by atoms with E-state index in [-0.39, 0.29) is 12.8 Å². The van der Waals surface area contributed by atoms with E-state index in [1.807, 2.05) is 0 Å². The van der Waals surface area contributed by atoms with Crippen LogP contribution in [-0.2, 0) is 47.7 Å². The fourth-order valence-corrected chi connectivity index (χ4v) is 2.48. The van der Waals surface area contributed by atoms with Gasteiger partial charge in [-0.05, 0) is 6.42 Å². The van der Waals surface area contributed by atoms with Crippen LogP contribution in [0.5, 0.6) is 0 Å². The van der Waals surface area contributed by atoms with E-state index in [2.05, 4.69) is 0 Å². The zero-order chi connectivity index (χ0) is 19.9. The molecule has 1 aliphatic heterocycles. The molecule has 1 heterocycles. The molecule has 0 amide bonds. The molecule has 0 aromatic carbocycles. The van der Waals surface area contributed by atoms with Crippen LogP contribution in [0.1, 0.15) is 40.5 Å².